The van der Waals surface area contributed by atoms with E-state index in [1.54, 1.807) is 0 Å². The minimum absolute atomic E-state index is 0.0927. The third kappa shape index (κ3) is 3.07. The van der Waals surface area contributed by atoms with E-state index >= 15 is 0 Å². The van der Waals surface area contributed by atoms with Crippen molar-refractivity contribution in [3.63, 3.8) is 0 Å². The molecule has 1 aromatic heterocycles. The second-order valence-electron chi connectivity index (χ2n) is 5.04. The third-order valence-electron chi connectivity index (χ3n) is 3.76. The SMILES string of the molecule is CCC(N)C(c1ccccn1)N1CCC(O)CC1. The van der Waals surface area contributed by atoms with Crippen molar-refractivity contribution in [3.05, 3.63) is 30.1 Å². The van der Waals surface area contributed by atoms with Crippen LogP contribution in [-0.4, -0.2) is 40.2 Å². The predicted molar refractivity (Wildman–Crippen MR) is 72.1 cm³/mol. The Balaban J connectivity index is 2.15. The van der Waals surface area contributed by atoms with Crippen molar-refractivity contribution in [1.82, 2.24) is 9.88 Å². The van der Waals surface area contributed by atoms with Crippen LogP contribution in [0.1, 0.15) is 37.9 Å². The Bertz CT molecular complexity index is 349. The highest BCUT2D eigenvalue weighted by Gasteiger charge is 2.29. The molecule has 4 heteroatoms. The monoisotopic (exact) mass is 249 g/mol. The van der Waals surface area contributed by atoms with Crippen molar-refractivity contribution in [2.75, 3.05) is 13.1 Å². The molecule has 2 rings (SSSR count). The van der Waals surface area contributed by atoms with Crippen molar-refractivity contribution < 1.29 is 5.11 Å². The minimum Gasteiger partial charge on any atom is -0.393 e. The van der Waals surface area contributed by atoms with Crippen molar-refractivity contribution in [2.24, 2.45) is 5.73 Å². The van der Waals surface area contributed by atoms with Gasteiger partial charge in [-0.25, -0.2) is 0 Å². The molecule has 3 N–H and O–H groups in total. The van der Waals surface area contributed by atoms with E-state index in [1.165, 1.54) is 0 Å². The summed E-state index contributed by atoms with van der Waals surface area (Å²) in [5.41, 5.74) is 7.32. The molecular formula is C14H23N3O. The lowest BCUT2D eigenvalue weighted by molar-refractivity contribution is 0.0517. The van der Waals surface area contributed by atoms with E-state index in [1.807, 2.05) is 24.4 Å². The topological polar surface area (TPSA) is 62.4 Å². The van der Waals surface area contributed by atoms with Gasteiger partial charge in [-0.1, -0.05) is 13.0 Å². The number of hydrogen-bond acceptors (Lipinski definition) is 4. The molecule has 1 fully saturated rings. The molecule has 0 radical (unpaired) electrons. The molecule has 0 aliphatic carbocycles. The zero-order valence-corrected chi connectivity index (χ0v) is 11.0. The fourth-order valence-corrected chi connectivity index (χ4v) is 2.62. The second-order valence-corrected chi connectivity index (χ2v) is 5.04. The van der Waals surface area contributed by atoms with Crippen LogP contribution in [0.15, 0.2) is 24.4 Å². The van der Waals surface area contributed by atoms with Gasteiger partial charge in [-0.2, -0.15) is 0 Å². The molecule has 0 spiro atoms. The molecular weight excluding hydrogens is 226 g/mol. The number of likely N-dealkylation sites (tertiary alicyclic amines) is 1. The first kappa shape index (κ1) is 13.5. The first-order valence-electron chi connectivity index (χ1n) is 6.81. The van der Waals surface area contributed by atoms with Gasteiger partial charge in [-0.05, 0) is 31.4 Å². The summed E-state index contributed by atoms with van der Waals surface area (Å²) in [5, 5.41) is 9.60. The van der Waals surface area contributed by atoms with Crippen molar-refractivity contribution in [3.8, 4) is 0 Å². The van der Waals surface area contributed by atoms with Crippen LogP contribution < -0.4 is 5.73 Å². The average molecular weight is 249 g/mol. The Labute approximate surface area is 109 Å². The van der Waals surface area contributed by atoms with Crippen LogP contribution in [0.3, 0.4) is 0 Å². The summed E-state index contributed by atoms with van der Waals surface area (Å²) in [6.45, 7) is 3.91. The molecule has 1 aliphatic rings. The van der Waals surface area contributed by atoms with Crippen LogP contribution in [-0.2, 0) is 0 Å². The summed E-state index contributed by atoms with van der Waals surface area (Å²) in [4.78, 5) is 6.82. The molecule has 0 amide bonds. The molecule has 0 bridgehead atoms. The highest BCUT2D eigenvalue weighted by Crippen LogP contribution is 2.26. The summed E-state index contributed by atoms with van der Waals surface area (Å²) >= 11 is 0. The summed E-state index contributed by atoms with van der Waals surface area (Å²) in [6, 6.07) is 6.25. The van der Waals surface area contributed by atoms with Gasteiger partial charge < -0.3 is 10.8 Å². The van der Waals surface area contributed by atoms with Crippen molar-refractivity contribution in [2.45, 2.75) is 44.4 Å². The molecule has 0 saturated carbocycles. The van der Waals surface area contributed by atoms with E-state index < -0.39 is 0 Å². The van der Waals surface area contributed by atoms with Gasteiger partial charge in [-0.3, -0.25) is 9.88 Å². The largest absolute Gasteiger partial charge is 0.393 e. The number of nitrogens with two attached hydrogens (primary N) is 1. The Morgan fingerprint density at radius 3 is 2.72 bits per heavy atom. The van der Waals surface area contributed by atoms with E-state index in [0.29, 0.717) is 0 Å². The first-order chi connectivity index (χ1) is 8.72. The van der Waals surface area contributed by atoms with E-state index in [2.05, 4.69) is 16.8 Å². The molecule has 2 heterocycles. The number of nitrogens with zero attached hydrogens (tertiary/aromatic N) is 2. The van der Waals surface area contributed by atoms with Gasteiger partial charge in [0.25, 0.3) is 0 Å². The standard InChI is InChI=1S/C14H23N3O/c1-2-12(15)14(13-5-3-4-8-16-13)17-9-6-11(18)7-10-17/h3-5,8,11-12,14,18H,2,6-7,9-10,15H2,1H3. The quantitative estimate of drug-likeness (QED) is 0.844. The Kier molecular flexibility index (Phi) is 4.69. The predicted octanol–water partition coefficient (Wildman–Crippen LogP) is 1.32. The molecule has 2 unspecified atom stereocenters. The second kappa shape index (κ2) is 6.27. The molecule has 1 aliphatic heterocycles. The van der Waals surface area contributed by atoms with Gasteiger partial charge in [-0.15, -0.1) is 0 Å². The van der Waals surface area contributed by atoms with Gasteiger partial charge >= 0.3 is 0 Å². The summed E-state index contributed by atoms with van der Waals surface area (Å²) in [5.74, 6) is 0. The van der Waals surface area contributed by atoms with Crippen molar-refractivity contribution >= 4 is 0 Å². The molecule has 1 saturated heterocycles. The van der Waals surface area contributed by atoms with Gasteiger partial charge in [0.2, 0.25) is 0 Å². The van der Waals surface area contributed by atoms with E-state index in [4.69, 9.17) is 5.73 Å². The Hall–Kier alpha value is -0.970. The van der Waals surface area contributed by atoms with Gasteiger partial charge in [0.1, 0.15) is 0 Å². The Morgan fingerprint density at radius 1 is 1.44 bits per heavy atom. The number of aromatic nitrogens is 1. The van der Waals surface area contributed by atoms with E-state index in [0.717, 1.165) is 38.0 Å². The van der Waals surface area contributed by atoms with Crippen LogP contribution in [0.4, 0.5) is 0 Å². The number of pyridine rings is 1. The molecule has 18 heavy (non-hydrogen) atoms. The zero-order valence-electron chi connectivity index (χ0n) is 11.0. The van der Waals surface area contributed by atoms with E-state index in [9.17, 15) is 5.11 Å². The number of aliphatic hydroxyl groups excluding tert-OH is 1. The molecule has 2 atom stereocenters. The van der Waals surface area contributed by atoms with Crippen molar-refractivity contribution in [1.29, 1.82) is 0 Å². The summed E-state index contributed by atoms with van der Waals surface area (Å²) < 4.78 is 0. The van der Waals surface area contributed by atoms with Crippen LogP contribution >= 0.6 is 0 Å². The van der Waals surface area contributed by atoms with Crippen LogP contribution in [0.5, 0.6) is 0 Å². The summed E-state index contributed by atoms with van der Waals surface area (Å²) in [6.07, 6.45) is 4.27. The number of hydrogen-bond donors (Lipinski definition) is 2. The highest BCUT2D eigenvalue weighted by atomic mass is 16.3. The maximum Gasteiger partial charge on any atom is 0.0673 e. The molecule has 100 valence electrons. The average Bonchev–Trinajstić information content (AvgIpc) is 2.42. The van der Waals surface area contributed by atoms with Gasteiger partial charge in [0, 0.05) is 25.3 Å². The third-order valence-corrected chi connectivity index (χ3v) is 3.76. The smallest absolute Gasteiger partial charge is 0.0673 e. The van der Waals surface area contributed by atoms with Crippen LogP contribution in [0.25, 0.3) is 0 Å². The molecule has 1 aromatic rings. The lowest BCUT2D eigenvalue weighted by Gasteiger charge is -2.38. The normalized spacial score (nSPS) is 21.7. The lowest BCUT2D eigenvalue weighted by atomic mass is 9.97. The lowest BCUT2D eigenvalue weighted by Crippen LogP contribution is -2.45. The molecule has 4 nitrogen and oxygen atoms in total. The highest BCUT2D eigenvalue weighted by molar-refractivity contribution is 5.11. The zero-order chi connectivity index (χ0) is 13.0. The van der Waals surface area contributed by atoms with Crippen LogP contribution in [0, 0.1) is 0 Å². The maximum atomic E-state index is 9.60. The fourth-order valence-electron chi connectivity index (χ4n) is 2.62. The van der Waals surface area contributed by atoms with E-state index in [-0.39, 0.29) is 18.2 Å². The number of aliphatic hydroxyl groups is 1. The van der Waals surface area contributed by atoms with Gasteiger partial charge in [0.15, 0.2) is 0 Å². The van der Waals surface area contributed by atoms with Crippen LogP contribution in [0.2, 0.25) is 0 Å². The maximum absolute atomic E-state index is 9.60. The van der Waals surface area contributed by atoms with Gasteiger partial charge in [0.05, 0.1) is 17.8 Å². The number of rotatable bonds is 4. The summed E-state index contributed by atoms with van der Waals surface area (Å²) in [7, 11) is 0. The fraction of sp³-hybridized carbons (Fsp3) is 0.643. The number of piperidine rings is 1. The minimum atomic E-state index is -0.150. The first-order valence-corrected chi connectivity index (χ1v) is 6.81. The Morgan fingerprint density at radius 2 is 2.17 bits per heavy atom. The molecule has 0 aromatic carbocycles.